The lowest BCUT2D eigenvalue weighted by Gasteiger charge is -2.47. The van der Waals surface area contributed by atoms with Crippen LogP contribution in [0, 0.1) is 5.92 Å². The number of rotatable bonds is 8. The van der Waals surface area contributed by atoms with Gasteiger partial charge in [-0.2, -0.15) is 11.8 Å². The highest BCUT2D eigenvalue weighted by atomic mass is 32.2. The molecule has 2 aromatic carbocycles. The van der Waals surface area contributed by atoms with Crippen LogP contribution >= 0.6 is 11.8 Å². The zero-order valence-electron chi connectivity index (χ0n) is 21.2. The molecule has 2 fully saturated rings. The smallest absolute Gasteiger partial charge is 0.412 e. The maximum absolute atomic E-state index is 13.0. The molecular weight excluding hydrogens is 462 g/mol. The lowest BCUT2D eigenvalue weighted by molar-refractivity contribution is -0.148. The third-order valence-electron chi connectivity index (χ3n) is 7.48. The van der Waals surface area contributed by atoms with Crippen LogP contribution in [0.5, 0.6) is 0 Å². The number of carbonyl (C=O) groups is 1. The first-order valence-electron chi connectivity index (χ1n) is 12.2. The molecule has 2 aromatic rings. The summed E-state index contributed by atoms with van der Waals surface area (Å²) in [7, 11) is 1.61. The standard InChI is InChI=1S/C28H37NO5S/c1-18(2)13-14-25-27(3,34-25)24-15-22(23(32-4)16-28(24,31)17-35-5)33-26(30)29-21-12-8-10-19-9-6-7-11-20(19)21/h6-13,22-25,31H,14-17H2,1-5H3,(H,29,30). The van der Waals surface area contributed by atoms with Crippen LogP contribution in [0.4, 0.5) is 10.5 Å². The summed E-state index contributed by atoms with van der Waals surface area (Å²) in [5.74, 6) is 0.389. The zero-order chi connectivity index (χ0) is 25.2. The van der Waals surface area contributed by atoms with E-state index in [-0.39, 0.29) is 12.0 Å². The zero-order valence-corrected chi connectivity index (χ0v) is 22.1. The lowest BCUT2D eigenvalue weighted by Crippen LogP contribution is -2.58. The molecule has 1 heterocycles. The van der Waals surface area contributed by atoms with E-state index in [1.54, 1.807) is 18.9 Å². The molecule has 2 aliphatic rings. The molecule has 0 aromatic heterocycles. The minimum atomic E-state index is -0.972. The Kier molecular flexibility index (Phi) is 7.81. The van der Waals surface area contributed by atoms with E-state index >= 15 is 0 Å². The van der Waals surface area contributed by atoms with Gasteiger partial charge in [0.1, 0.15) is 6.10 Å². The van der Waals surface area contributed by atoms with Crippen LogP contribution < -0.4 is 5.32 Å². The third kappa shape index (κ3) is 5.53. The molecule has 1 aliphatic heterocycles. The Morgan fingerprint density at radius 2 is 1.97 bits per heavy atom. The lowest BCUT2D eigenvalue weighted by atomic mass is 9.67. The average Bonchev–Trinajstić information content (AvgIpc) is 3.49. The van der Waals surface area contributed by atoms with Crippen LogP contribution in [0.15, 0.2) is 54.1 Å². The number of amides is 1. The van der Waals surface area contributed by atoms with E-state index in [1.807, 2.05) is 48.7 Å². The molecule has 1 amide bonds. The van der Waals surface area contributed by atoms with Crippen molar-refractivity contribution in [1.29, 1.82) is 0 Å². The van der Waals surface area contributed by atoms with Crippen molar-refractivity contribution in [3.8, 4) is 0 Å². The molecule has 6 atom stereocenters. The highest BCUT2D eigenvalue weighted by molar-refractivity contribution is 7.98. The topological polar surface area (TPSA) is 80.3 Å². The number of methoxy groups -OCH3 is 1. The van der Waals surface area contributed by atoms with Crippen LogP contribution in [-0.2, 0) is 14.2 Å². The van der Waals surface area contributed by atoms with Crippen molar-refractivity contribution in [2.24, 2.45) is 5.92 Å². The van der Waals surface area contributed by atoms with Crippen molar-refractivity contribution >= 4 is 34.3 Å². The first kappa shape index (κ1) is 26.0. The van der Waals surface area contributed by atoms with Crippen LogP contribution in [0.1, 0.15) is 40.0 Å². The summed E-state index contributed by atoms with van der Waals surface area (Å²) in [6.07, 6.45) is 4.46. The van der Waals surface area contributed by atoms with Crippen molar-refractivity contribution in [1.82, 2.24) is 0 Å². The number of hydrogen-bond acceptors (Lipinski definition) is 6. The van der Waals surface area contributed by atoms with Gasteiger partial charge in [-0.15, -0.1) is 0 Å². The number of thioether (sulfide) groups is 1. The number of ether oxygens (including phenoxy) is 3. The number of fused-ring (bicyclic) bond motifs is 1. The average molecular weight is 500 g/mol. The largest absolute Gasteiger partial charge is 0.443 e. The summed E-state index contributed by atoms with van der Waals surface area (Å²) >= 11 is 1.61. The van der Waals surface area contributed by atoms with Crippen LogP contribution in [0.2, 0.25) is 0 Å². The quantitative estimate of drug-likeness (QED) is 0.353. The first-order valence-corrected chi connectivity index (χ1v) is 13.6. The molecule has 6 unspecified atom stereocenters. The number of hydrogen-bond donors (Lipinski definition) is 2. The van der Waals surface area contributed by atoms with Gasteiger partial charge < -0.3 is 19.3 Å². The maximum atomic E-state index is 13.0. The SMILES string of the molecule is COC1CC(O)(CSC)C(C2(C)OC2CC=C(C)C)CC1OC(=O)Nc1cccc2ccccc12. The number of nitrogens with one attached hydrogen (secondary N) is 1. The van der Waals surface area contributed by atoms with Gasteiger partial charge in [0.2, 0.25) is 0 Å². The van der Waals surface area contributed by atoms with E-state index in [0.29, 0.717) is 24.3 Å². The molecule has 1 saturated heterocycles. The Labute approximate surface area is 212 Å². The Hall–Kier alpha value is -2.06. The first-order chi connectivity index (χ1) is 16.7. The molecule has 7 heteroatoms. The summed E-state index contributed by atoms with van der Waals surface area (Å²) in [6, 6.07) is 13.7. The molecule has 4 rings (SSSR count). The van der Waals surface area contributed by atoms with Gasteiger partial charge in [-0.1, -0.05) is 48.0 Å². The second kappa shape index (κ2) is 10.5. The molecule has 190 valence electrons. The molecule has 35 heavy (non-hydrogen) atoms. The van der Waals surface area contributed by atoms with Crippen molar-refractivity contribution < 1.29 is 24.1 Å². The Balaban J connectivity index is 1.52. The van der Waals surface area contributed by atoms with Gasteiger partial charge in [0.25, 0.3) is 0 Å². The number of anilines is 1. The predicted octanol–water partition coefficient (Wildman–Crippen LogP) is 5.79. The Bertz CT molecular complexity index is 1080. The monoisotopic (exact) mass is 499 g/mol. The summed E-state index contributed by atoms with van der Waals surface area (Å²) < 4.78 is 17.9. The van der Waals surface area contributed by atoms with E-state index in [4.69, 9.17) is 14.2 Å². The maximum Gasteiger partial charge on any atom is 0.412 e. The van der Waals surface area contributed by atoms with Crippen LogP contribution in [0.3, 0.4) is 0 Å². The molecule has 1 aliphatic carbocycles. The van der Waals surface area contributed by atoms with Gasteiger partial charge in [0, 0.05) is 30.6 Å². The minimum Gasteiger partial charge on any atom is -0.443 e. The van der Waals surface area contributed by atoms with E-state index in [2.05, 4.69) is 32.2 Å². The fraction of sp³-hybridized carbons (Fsp3) is 0.536. The normalized spacial score (nSPS) is 32.2. The second-order valence-corrected chi connectivity index (χ2v) is 11.1. The summed E-state index contributed by atoms with van der Waals surface area (Å²) in [6.45, 7) is 6.23. The number of carbonyl (C=O) groups excluding carboxylic acids is 1. The predicted molar refractivity (Wildman–Crippen MR) is 142 cm³/mol. The Morgan fingerprint density at radius 3 is 2.69 bits per heavy atom. The van der Waals surface area contributed by atoms with Gasteiger partial charge in [-0.25, -0.2) is 4.79 Å². The number of benzene rings is 2. The fourth-order valence-corrected chi connectivity index (χ4v) is 6.40. The van der Waals surface area contributed by atoms with Gasteiger partial charge in [-0.3, -0.25) is 5.32 Å². The number of allylic oxidation sites excluding steroid dienone is 1. The third-order valence-corrected chi connectivity index (χ3v) is 8.27. The van der Waals surface area contributed by atoms with E-state index in [9.17, 15) is 9.90 Å². The van der Waals surface area contributed by atoms with Crippen molar-refractivity contribution in [3.63, 3.8) is 0 Å². The fourth-order valence-electron chi connectivity index (χ4n) is 5.58. The number of aliphatic hydroxyl groups is 1. The Morgan fingerprint density at radius 1 is 1.23 bits per heavy atom. The van der Waals surface area contributed by atoms with E-state index in [1.165, 1.54) is 5.57 Å². The molecule has 0 spiro atoms. The van der Waals surface area contributed by atoms with Crippen molar-refractivity contribution in [2.75, 3.05) is 24.4 Å². The van der Waals surface area contributed by atoms with Gasteiger partial charge in [0.05, 0.1) is 29.1 Å². The van der Waals surface area contributed by atoms with E-state index in [0.717, 1.165) is 17.2 Å². The van der Waals surface area contributed by atoms with E-state index < -0.39 is 29.5 Å². The summed E-state index contributed by atoms with van der Waals surface area (Å²) in [5, 5.41) is 16.7. The van der Waals surface area contributed by atoms with Gasteiger partial charge in [0.15, 0.2) is 0 Å². The summed E-state index contributed by atoms with van der Waals surface area (Å²) in [5.41, 5.74) is 0.507. The second-order valence-electron chi connectivity index (χ2n) is 10.2. The molecule has 6 nitrogen and oxygen atoms in total. The molecule has 1 saturated carbocycles. The van der Waals surface area contributed by atoms with Gasteiger partial charge >= 0.3 is 6.09 Å². The molecule has 0 radical (unpaired) electrons. The molecule has 2 N–H and O–H groups in total. The number of epoxide rings is 1. The summed E-state index contributed by atoms with van der Waals surface area (Å²) in [4.78, 5) is 13.0. The van der Waals surface area contributed by atoms with Gasteiger partial charge in [-0.05, 0) is 51.3 Å². The highest BCUT2D eigenvalue weighted by Crippen LogP contribution is 2.54. The highest BCUT2D eigenvalue weighted by Gasteiger charge is 2.65. The molecule has 0 bridgehead atoms. The van der Waals surface area contributed by atoms with Crippen LogP contribution in [-0.4, -0.2) is 59.8 Å². The van der Waals surface area contributed by atoms with Crippen molar-refractivity contribution in [2.45, 2.75) is 69.5 Å². The minimum absolute atomic E-state index is 0.0417. The molecular formula is C28H37NO5S. The van der Waals surface area contributed by atoms with Crippen molar-refractivity contribution in [3.05, 3.63) is 54.1 Å². The van der Waals surface area contributed by atoms with Crippen LogP contribution in [0.25, 0.3) is 10.8 Å².